The molecule has 122 valence electrons. The molecule has 3 aromatic rings. The Balaban J connectivity index is 1.85. The first-order valence-corrected chi connectivity index (χ1v) is 7.67. The van der Waals surface area contributed by atoms with Gasteiger partial charge in [-0.3, -0.25) is 9.59 Å². The topological polar surface area (TPSA) is 82.2 Å². The van der Waals surface area contributed by atoms with E-state index in [2.05, 4.69) is 10.3 Å². The third kappa shape index (κ3) is 3.21. The molecule has 24 heavy (non-hydrogen) atoms. The van der Waals surface area contributed by atoms with Gasteiger partial charge in [0.2, 0.25) is 5.43 Å². The summed E-state index contributed by atoms with van der Waals surface area (Å²) in [7, 11) is 0. The summed E-state index contributed by atoms with van der Waals surface area (Å²) in [5.41, 5.74) is 3.09. The number of aryl methyl sites for hydroxylation is 1. The van der Waals surface area contributed by atoms with Crippen molar-refractivity contribution in [1.29, 1.82) is 0 Å². The highest BCUT2D eigenvalue weighted by Crippen LogP contribution is 2.11. The van der Waals surface area contributed by atoms with Crippen LogP contribution >= 0.6 is 0 Å². The Morgan fingerprint density at radius 2 is 1.83 bits per heavy atom. The molecule has 0 saturated carbocycles. The van der Waals surface area contributed by atoms with Gasteiger partial charge in [0.15, 0.2) is 0 Å². The summed E-state index contributed by atoms with van der Waals surface area (Å²) in [5.74, 6) is -0.423. The van der Waals surface area contributed by atoms with Gasteiger partial charge >= 0.3 is 0 Å². The number of nitrogens with one attached hydrogen (secondary N) is 2. The highest BCUT2D eigenvalue weighted by molar-refractivity contribution is 5.97. The molecule has 1 amide bonds. The first-order valence-electron chi connectivity index (χ1n) is 7.67. The number of benzene rings is 2. The van der Waals surface area contributed by atoms with E-state index >= 15 is 0 Å². The van der Waals surface area contributed by atoms with Gasteiger partial charge in [0, 0.05) is 23.6 Å². The van der Waals surface area contributed by atoms with Crippen LogP contribution in [0, 0.1) is 6.92 Å². The van der Waals surface area contributed by atoms with E-state index in [4.69, 9.17) is 0 Å². The monoisotopic (exact) mass is 322 g/mol. The number of aliphatic hydroxyl groups is 1. The van der Waals surface area contributed by atoms with Crippen molar-refractivity contribution < 1.29 is 9.90 Å². The molecule has 1 aromatic heterocycles. The molecule has 3 N–H and O–H groups in total. The van der Waals surface area contributed by atoms with E-state index in [0.717, 1.165) is 11.1 Å². The van der Waals surface area contributed by atoms with Crippen LogP contribution in [0.5, 0.6) is 0 Å². The van der Waals surface area contributed by atoms with Crippen LogP contribution in [0.2, 0.25) is 0 Å². The van der Waals surface area contributed by atoms with Crippen LogP contribution in [0.1, 0.15) is 27.0 Å². The highest BCUT2D eigenvalue weighted by atomic mass is 16.3. The van der Waals surface area contributed by atoms with Crippen LogP contribution < -0.4 is 10.7 Å². The molecule has 0 fully saturated rings. The molecule has 0 aliphatic heterocycles. The van der Waals surface area contributed by atoms with E-state index in [1.807, 2.05) is 31.2 Å². The minimum absolute atomic E-state index is 0.0599. The van der Waals surface area contributed by atoms with E-state index in [9.17, 15) is 14.7 Å². The summed E-state index contributed by atoms with van der Waals surface area (Å²) in [5, 5.41) is 12.4. The summed E-state index contributed by atoms with van der Waals surface area (Å²) < 4.78 is 0. The van der Waals surface area contributed by atoms with E-state index in [1.54, 1.807) is 18.2 Å². The van der Waals surface area contributed by atoms with Crippen molar-refractivity contribution in [2.24, 2.45) is 0 Å². The van der Waals surface area contributed by atoms with Crippen LogP contribution in [-0.4, -0.2) is 16.0 Å². The van der Waals surface area contributed by atoms with Gasteiger partial charge in [0.25, 0.3) is 5.91 Å². The zero-order chi connectivity index (χ0) is 17.1. The van der Waals surface area contributed by atoms with Gasteiger partial charge in [-0.05, 0) is 30.2 Å². The lowest BCUT2D eigenvalue weighted by Gasteiger charge is -2.07. The Bertz CT molecular complexity index is 943. The standard InChI is InChI=1S/C19H18N2O3/c1-12-2-4-13(5-3-12)9-21-19(24)16-10-20-17-7-6-14(11-22)8-15(17)18(16)23/h2-8,10,22H,9,11H2,1H3,(H,20,23)(H,21,24). The Kier molecular flexibility index (Phi) is 4.44. The molecular formula is C19H18N2O3. The molecule has 0 radical (unpaired) electrons. The van der Waals surface area contributed by atoms with E-state index in [-0.39, 0.29) is 17.6 Å². The summed E-state index contributed by atoms with van der Waals surface area (Å²) in [6.07, 6.45) is 1.42. The number of carbonyl (C=O) groups is 1. The summed E-state index contributed by atoms with van der Waals surface area (Å²) in [6.45, 7) is 2.20. The molecule has 5 heteroatoms. The van der Waals surface area contributed by atoms with Gasteiger partial charge in [-0.1, -0.05) is 35.9 Å². The van der Waals surface area contributed by atoms with Gasteiger partial charge in [-0.2, -0.15) is 0 Å². The smallest absolute Gasteiger partial charge is 0.257 e. The molecule has 0 aliphatic rings. The van der Waals surface area contributed by atoms with E-state index in [0.29, 0.717) is 23.0 Å². The molecule has 0 spiro atoms. The molecule has 3 rings (SSSR count). The molecule has 0 atom stereocenters. The maximum absolute atomic E-state index is 12.5. The zero-order valence-electron chi connectivity index (χ0n) is 13.3. The van der Waals surface area contributed by atoms with Gasteiger partial charge < -0.3 is 15.4 Å². The second-order valence-electron chi connectivity index (χ2n) is 5.74. The first-order chi connectivity index (χ1) is 11.6. The summed E-state index contributed by atoms with van der Waals surface area (Å²) in [6, 6.07) is 12.9. The van der Waals surface area contributed by atoms with E-state index in [1.165, 1.54) is 6.20 Å². The maximum Gasteiger partial charge on any atom is 0.257 e. The Morgan fingerprint density at radius 1 is 1.12 bits per heavy atom. The average Bonchev–Trinajstić information content (AvgIpc) is 2.61. The average molecular weight is 322 g/mol. The summed E-state index contributed by atoms with van der Waals surface area (Å²) >= 11 is 0. The number of hydrogen-bond acceptors (Lipinski definition) is 3. The van der Waals surface area contributed by atoms with Gasteiger partial charge in [0.05, 0.1) is 6.61 Å². The predicted octanol–water partition coefficient (Wildman–Crippen LogP) is 2.26. The van der Waals surface area contributed by atoms with Crippen LogP contribution in [0.3, 0.4) is 0 Å². The Hall–Kier alpha value is -2.92. The number of carbonyl (C=O) groups excluding carboxylic acids is 1. The number of amides is 1. The largest absolute Gasteiger partial charge is 0.392 e. The third-order valence-electron chi connectivity index (χ3n) is 3.95. The molecule has 0 unspecified atom stereocenters. The molecule has 0 bridgehead atoms. The van der Waals surface area contributed by atoms with Crippen LogP contribution in [0.4, 0.5) is 0 Å². The molecule has 0 aliphatic carbocycles. The maximum atomic E-state index is 12.5. The van der Waals surface area contributed by atoms with Gasteiger partial charge in [-0.15, -0.1) is 0 Å². The fourth-order valence-corrected chi connectivity index (χ4v) is 2.52. The van der Waals surface area contributed by atoms with Crippen LogP contribution in [0.25, 0.3) is 10.9 Å². The second kappa shape index (κ2) is 6.68. The van der Waals surface area contributed by atoms with Gasteiger partial charge in [0.1, 0.15) is 5.56 Å². The van der Waals surface area contributed by atoms with Gasteiger partial charge in [-0.25, -0.2) is 0 Å². The predicted molar refractivity (Wildman–Crippen MR) is 92.8 cm³/mol. The minimum atomic E-state index is -0.423. The van der Waals surface area contributed by atoms with Crippen molar-refractivity contribution in [3.63, 3.8) is 0 Å². The number of H-pyrrole nitrogens is 1. The number of hydrogen-bond donors (Lipinski definition) is 3. The number of aliphatic hydroxyl groups excluding tert-OH is 1. The van der Waals surface area contributed by atoms with Crippen molar-refractivity contribution in [3.05, 3.63) is 81.1 Å². The normalized spacial score (nSPS) is 10.8. The summed E-state index contributed by atoms with van der Waals surface area (Å²) in [4.78, 5) is 27.8. The molecule has 1 heterocycles. The fourth-order valence-electron chi connectivity index (χ4n) is 2.52. The van der Waals surface area contributed by atoms with Crippen molar-refractivity contribution in [2.45, 2.75) is 20.1 Å². The van der Waals surface area contributed by atoms with Crippen LogP contribution in [0.15, 0.2) is 53.5 Å². The number of aromatic nitrogens is 1. The Morgan fingerprint density at radius 3 is 2.54 bits per heavy atom. The van der Waals surface area contributed by atoms with Crippen molar-refractivity contribution >= 4 is 16.8 Å². The van der Waals surface area contributed by atoms with Crippen molar-refractivity contribution in [2.75, 3.05) is 0 Å². The number of rotatable bonds is 4. The van der Waals surface area contributed by atoms with Crippen molar-refractivity contribution in [3.8, 4) is 0 Å². The fraction of sp³-hybridized carbons (Fsp3) is 0.158. The lowest BCUT2D eigenvalue weighted by molar-refractivity contribution is 0.0949. The zero-order valence-corrected chi connectivity index (χ0v) is 13.3. The molecule has 0 saturated heterocycles. The Labute approximate surface area is 139 Å². The quantitative estimate of drug-likeness (QED) is 0.689. The number of fused-ring (bicyclic) bond motifs is 1. The lowest BCUT2D eigenvalue weighted by atomic mass is 10.1. The highest BCUT2D eigenvalue weighted by Gasteiger charge is 2.13. The van der Waals surface area contributed by atoms with E-state index < -0.39 is 5.91 Å². The molecular weight excluding hydrogens is 304 g/mol. The number of aromatic amines is 1. The molecule has 2 aromatic carbocycles. The molecule has 5 nitrogen and oxygen atoms in total. The first kappa shape index (κ1) is 16.0. The second-order valence-corrected chi connectivity index (χ2v) is 5.74. The minimum Gasteiger partial charge on any atom is -0.392 e. The number of pyridine rings is 1. The lowest BCUT2D eigenvalue weighted by Crippen LogP contribution is -2.28. The van der Waals surface area contributed by atoms with Crippen LogP contribution in [-0.2, 0) is 13.2 Å². The third-order valence-corrected chi connectivity index (χ3v) is 3.95. The van der Waals surface area contributed by atoms with Crippen molar-refractivity contribution in [1.82, 2.24) is 10.3 Å². The SMILES string of the molecule is Cc1ccc(CNC(=O)c2c[nH]c3ccc(CO)cc3c2=O)cc1.